The van der Waals surface area contributed by atoms with E-state index in [2.05, 4.69) is 11.9 Å². The van der Waals surface area contributed by atoms with Crippen molar-refractivity contribution in [1.29, 1.82) is 5.26 Å². The molecule has 6 nitrogen and oxygen atoms in total. The fourth-order valence-electron chi connectivity index (χ4n) is 2.17. The SMILES string of the molecule is C=C(Nc1cc(C)ccc1N)C(C#N)=Cc1c(Cl)ccc([N+](=O)[O-])c1Cl. The predicted octanol–water partition coefficient (Wildman–Crippen LogP) is 5.33. The van der Waals surface area contributed by atoms with Crippen LogP contribution in [0.2, 0.25) is 10.0 Å². The number of allylic oxidation sites excluding steroid dienone is 1. The number of benzene rings is 2. The van der Waals surface area contributed by atoms with E-state index in [0.29, 0.717) is 11.4 Å². The standard InChI is InChI=1S/C18H14Cl2N4O2/c1-10-3-5-15(22)16(7-10)23-11(2)12(9-21)8-13-14(19)4-6-17(18(13)20)24(25)26/h3-8,23H,2,22H2,1H3. The van der Waals surface area contributed by atoms with Crippen LogP contribution in [0.4, 0.5) is 17.1 Å². The van der Waals surface area contributed by atoms with Gasteiger partial charge in [-0.1, -0.05) is 35.8 Å². The average molecular weight is 389 g/mol. The van der Waals surface area contributed by atoms with E-state index in [1.807, 2.05) is 25.1 Å². The van der Waals surface area contributed by atoms with Crippen molar-refractivity contribution in [1.82, 2.24) is 0 Å². The predicted molar refractivity (Wildman–Crippen MR) is 105 cm³/mol. The third-order valence-electron chi connectivity index (χ3n) is 3.53. The fourth-order valence-corrected chi connectivity index (χ4v) is 2.72. The highest BCUT2D eigenvalue weighted by molar-refractivity contribution is 6.38. The van der Waals surface area contributed by atoms with Gasteiger partial charge in [-0.15, -0.1) is 0 Å². The summed E-state index contributed by atoms with van der Waals surface area (Å²) in [5, 5.41) is 23.5. The van der Waals surface area contributed by atoms with Crippen molar-refractivity contribution in [2.75, 3.05) is 11.1 Å². The Bertz CT molecular complexity index is 978. The number of nitrogens with one attached hydrogen (secondary N) is 1. The van der Waals surface area contributed by atoms with E-state index in [1.165, 1.54) is 18.2 Å². The van der Waals surface area contributed by atoms with Crippen LogP contribution in [0, 0.1) is 28.4 Å². The molecule has 0 aliphatic rings. The highest BCUT2D eigenvalue weighted by Crippen LogP contribution is 2.35. The molecule has 0 unspecified atom stereocenters. The summed E-state index contributed by atoms with van der Waals surface area (Å²) in [5.74, 6) is 0. The first-order valence-corrected chi connectivity index (χ1v) is 8.06. The molecule has 3 N–H and O–H groups in total. The molecule has 0 fully saturated rings. The number of nitriles is 1. The lowest BCUT2D eigenvalue weighted by Gasteiger charge is -2.12. The maximum Gasteiger partial charge on any atom is 0.288 e. The monoisotopic (exact) mass is 388 g/mol. The second kappa shape index (κ2) is 7.91. The average Bonchev–Trinajstić information content (AvgIpc) is 2.57. The Balaban J connectivity index is 2.44. The van der Waals surface area contributed by atoms with Crippen LogP contribution in [0.3, 0.4) is 0 Å². The molecule has 2 aromatic carbocycles. The lowest BCUT2D eigenvalue weighted by molar-refractivity contribution is -0.384. The summed E-state index contributed by atoms with van der Waals surface area (Å²) in [6.07, 6.45) is 1.35. The van der Waals surface area contributed by atoms with Crippen LogP contribution in [-0.2, 0) is 0 Å². The van der Waals surface area contributed by atoms with Gasteiger partial charge >= 0.3 is 0 Å². The quantitative estimate of drug-likeness (QED) is 0.237. The molecule has 0 atom stereocenters. The first kappa shape index (κ1) is 19.3. The van der Waals surface area contributed by atoms with Crippen LogP contribution in [0.1, 0.15) is 11.1 Å². The molecule has 0 amide bonds. The first-order chi connectivity index (χ1) is 12.2. The van der Waals surface area contributed by atoms with Crippen molar-refractivity contribution in [3.8, 4) is 6.07 Å². The first-order valence-electron chi connectivity index (χ1n) is 7.31. The number of nitro benzene ring substituents is 1. The van der Waals surface area contributed by atoms with Gasteiger partial charge in [0.25, 0.3) is 5.69 Å². The lowest BCUT2D eigenvalue weighted by Crippen LogP contribution is -2.03. The Morgan fingerprint density at radius 1 is 1.38 bits per heavy atom. The van der Waals surface area contributed by atoms with Crippen molar-refractivity contribution >= 4 is 46.3 Å². The van der Waals surface area contributed by atoms with E-state index in [9.17, 15) is 15.4 Å². The summed E-state index contributed by atoms with van der Waals surface area (Å²) < 4.78 is 0. The van der Waals surface area contributed by atoms with Gasteiger partial charge in [-0.3, -0.25) is 10.1 Å². The molecule has 0 saturated carbocycles. The van der Waals surface area contributed by atoms with Crippen molar-refractivity contribution in [2.24, 2.45) is 0 Å². The van der Waals surface area contributed by atoms with Crippen LogP contribution in [-0.4, -0.2) is 4.92 Å². The summed E-state index contributed by atoms with van der Waals surface area (Å²) in [7, 11) is 0. The van der Waals surface area contributed by atoms with Gasteiger partial charge in [0.05, 0.1) is 21.9 Å². The van der Waals surface area contributed by atoms with Gasteiger partial charge in [-0.05, 0) is 36.8 Å². The zero-order chi connectivity index (χ0) is 19.4. The maximum atomic E-state index is 11.0. The number of hydrogen-bond acceptors (Lipinski definition) is 5. The van der Waals surface area contributed by atoms with Crippen LogP contribution in [0.5, 0.6) is 0 Å². The smallest absolute Gasteiger partial charge is 0.288 e. The van der Waals surface area contributed by atoms with Gasteiger partial charge in [0.2, 0.25) is 0 Å². The normalized spacial score (nSPS) is 10.9. The summed E-state index contributed by atoms with van der Waals surface area (Å²) >= 11 is 12.2. The molecular weight excluding hydrogens is 375 g/mol. The van der Waals surface area contributed by atoms with E-state index in [1.54, 1.807) is 6.07 Å². The summed E-state index contributed by atoms with van der Waals surface area (Å²) in [4.78, 5) is 10.4. The molecule has 2 aromatic rings. The van der Waals surface area contributed by atoms with Gasteiger partial charge in [0.15, 0.2) is 0 Å². The van der Waals surface area contributed by atoms with Crippen molar-refractivity contribution in [3.05, 3.63) is 79.5 Å². The van der Waals surface area contributed by atoms with Crippen LogP contribution in [0.25, 0.3) is 6.08 Å². The van der Waals surface area contributed by atoms with E-state index in [-0.39, 0.29) is 32.6 Å². The molecule has 0 saturated heterocycles. The summed E-state index contributed by atoms with van der Waals surface area (Å²) in [6.45, 7) is 5.73. The number of hydrogen-bond donors (Lipinski definition) is 2. The number of anilines is 2. The van der Waals surface area contributed by atoms with Crippen LogP contribution < -0.4 is 11.1 Å². The van der Waals surface area contributed by atoms with E-state index in [0.717, 1.165) is 5.56 Å². The van der Waals surface area contributed by atoms with Gasteiger partial charge in [-0.2, -0.15) is 5.26 Å². The Morgan fingerprint density at radius 3 is 2.69 bits per heavy atom. The number of rotatable bonds is 5. The van der Waals surface area contributed by atoms with Crippen molar-refractivity contribution in [3.63, 3.8) is 0 Å². The third kappa shape index (κ3) is 4.14. The van der Waals surface area contributed by atoms with Gasteiger partial charge < -0.3 is 11.1 Å². The Labute approximate surface area is 160 Å². The largest absolute Gasteiger partial charge is 0.397 e. The second-order valence-corrected chi connectivity index (χ2v) is 6.20. The minimum absolute atomic E-state index is 0.107. The Kier molecular flexibility index (Phi) is 5.88. The molecule has 0 bridgehead atoms. The molecular formula is C18H14Cl2N4O2. The van der Waals surface area contributed by atoms with E-state index >= 15 is 0 Å². The highest BCUT2D eigenvalue weighted by atomic mass is 35.5. The van der Waals surface area contributed by atoms with E-state index in [4.69, 9.17) is 28.9 Å². The molecule has 2 rings (SSSR count). The number of aryl methyl sites for hydroxylation is 1. The minimum Gasteiger partial charge on any atom is -0.397 e. The molecule has 0 aliphatic carbocycles. The minimum atomic E-state index is -0.622. The molecule has 0 heterocycles. The topological polar surface area (TPSA) is 105 Å². The molecule has 0 aliphatic heterocycles. The van der Waals surface area contributed by atoms with Gasteiger partial charge in [0, 0.05) is 22.3 Å². The molecule has 0 spiro atoms. The van der Waals surface area contributed by atoms with E-state index < -0.39 is 4.92 Å². The molecule has 0 aromatic heterocycles. The van der Waals surface area contributed by atoms with Crippen LogP contribution >= 0.6 is 23.2 Å². The molecule has 26 heavy (non-hydrogen) atoms. The van der Waals surface area contributed by atoms with Crippen molar-refractivity contribution < 1.29 is 4.92 Å². The maximum absolute atomic E-state index is 11.0. The highest BCUT2D eigenvalue weighted by Gasteiger charge is 2.18. The summed E-state index contributed by atoms with van der Waals surface area (Å²) in [6, 6.07) is 9.92. The summed E-state index contributed by atoms with van der Waals surface area (Å²) in [5.41, 5.74) is 8.18. The third-order valence-corrected chi connectivity index (χ3v) is 4.26. The Hall–Kier alpha value is -3.01. The van der Waals surface area contributed by atoms with Crippen molar-refractivity contribution in [2.45, 2.75) is 6.92 Å². The number of nitrogen functional groups attached to an aromatic ring is 1. The number of nitrogens with zero attached hydrogens (tertiary/aromatic N) is 2. The zero-order valence-corrected chi connectivity index (χ0v) is 15.2. The lowest BCUT2D eigenvalue weighted by atomic mass is 10.1. The number of nitrogens with two attached hydrogens (primary N) is 1. The molecule has 8 heteroatoms. The zero-order valence-electron chi connectivity index (χ0n) is 13.7. The van der Waals surface area contributed by atoms with Gasteiger partial charge in [-0.25, -0.2) is 0 Å². The van der Waals surface area contributed by atoms with Gasteiger partial charge in [0.1, 0.15) is 11.1 Å². The second-order valence-electron chi connectivity index (χ2n) is 5.42. The molecule has 132 valence electrons. The van der Waals surface area contributed by atoms with Crippen LogP contribution in [0.15, 0.2) is 48.2 Å². The fraction of sp³-hybridized carbons (Fsp3) is 0.0556. The Morgan fingerprint density at radius 2 is 2.08 bits per heavy atom. The number of nitro groups is 1. The number of halogens is 2. The molecule has 0 radical (unpaired) electrons.